The van der Waals surface area contributed by atoms with Crippen LogP contribution >= 0.6 is 23.2 Å². The van der Waals surface area contributed by atoms with Crippen molar-refractivity contribution in [3.05, 3.63) is 40.4 Å². The van der Waals surface area contributed by atoms with Crippen LogP contribution in [0.4, 0.5) is 5.69 Å². The fraction of sp³-hybridized carbons (Fsp3) is 0.389. The Kier molecular flexibility index (Phi) is 4.08. The highest BCUT2D eigenvalue weighted by atomic mass is 35.5. The van der Waals surface area contributed by atoms with Crippen molar-refractivity contribution in [2.24, 2.45) is 23.7 Å². The minimum atomic E-state index is -0.303. The van der Waals surface area contributed by atoms with Gasteiger partial charge in [-0.15, -0.1) is 0 Å². The molecule has 2 fully saturated rings. The number of likely N-dealkylation sites (tertiary alicyclic amines) is 1. The van der Waals surface area contributed by atoms with Crippen LogP contribution in [-0.4, -0.2) is 29.2 Å². The first-order valence-corrected chi connectivity index (χ1v) is 9.00. The van der Waals surface area contributed by atoms with Crippen LogP contribution in [0.15, 0.2) is 30.4 Å². The van der Waals surface area contributed by atoms with Crippen LogP contribution in [0.1, 0.15) is 12.8 Å². The maximum absolute atomic E-state index is 12.6. The van der Waals surface area contributed by atoms with E-state index >= 15 is 0 Å². The van der Waals surface area contributed by atoms with Gasteiger partial charge in [-0.3, -0.25) is 19.3 Å². The van der Waals surface area contributed by atoms with Gasteiger partial charge in [0.2, 0.25) is 17.7 Å². The number of nitrogens with one attached hydrogen (secondary N) is 1. The molecule has 4 atom stereocenters. The standard InChI is InChI=1S/C18H16Cl2N2O3/c19-11-3-4-13(12(20)8-11)21-14(23)5-6-22-17(24)15-9-1-2-10(7-9)16(15)18(22)25/h1-4,8-10,15-16H,5-7H2,(H,21,23)/t9-,10-,15+,16+/m0/s1. The number of carbonyl (C=O) groups is 3. The van der Waals surface area contributed by atoms with Gasteiger partial charge in [-0.1, -0.05) is 35.4 Å². The molecular formula is C18H16Cl2N2O3. The van der Waals surface area contributed by atoms with E-state index in [4.69, 9.17) is 23.2 Å². The Balaban J connectivity index is 1.38. The number of hydrogen-bond donors (Lipinski definition) is 1. The first kappa shape index (κ1) is 16.6. The Hall–Kier alpha value is -1.85. The minimum absolute atomic E-state index is 0.0403. The molecule has 1 aromatic rings. The van der Waals surface area contributed by atoms with Crippen molar-refractivity contribution < 1.29 is 14.4 Å². The monoisotopic (exact) mass is 378 g/mol. The predicted octanol–water partition coefficient (Wildman–Crippen LogP) is 3.13. The van der Waals surface area contributed by atoms with Gasteiger partial charge in [0.15, 0.2) is 0 Å². The smallest absolute Gasteiger partial charge is 0.233 e. The van der Waals surface area contributed by atoms with Crippen molar-refractivity contribution in [2.45, 2.75) is 12.8 Å². The summed E-state index contributed by atoms with van der Waals surface area (Å²) < 4.78 is 0. The van der Waals surface area contributed by atoms with Crippen molar-refractivity contribution in [1.82, 2.24) is 4.90 Å². The van der Waals surface area contributed by atoms with E-state index in [9.17, 15) is 14.4 Å². The van der Waals surface area contributed by atoms with Crippen LogP contribution in [0.3, 0.4) is 0 Å². The molecule has 2 bridgehead atoms. The third kappa shape index (κ3) is 2.75. The summed E-state index contributed by atoms with van der Waals surface area (Å²) in [7, 11) is 0. The van der Waals surface area contributed by atoms with Crippen LogP contribution in [-0.2, 0) is 14.4 Å². The van der Waals surface area contributed by atoms with Crippen LogP contribution in [0, 0.1) is 23.7 Å². The summed E-state index contributed by atoms with van der Waals surface area (Å²) in [6.07, 6.45) is 5.04. The summed E-state index contributed by atoms with van der Waals surface area (Å²) in [4.78, 5) is 38.5. The first-order valence-electron chi connectivity index (χ1n) is 8.24. The number of fused-ring (bicyclic) bond motifs is 5. The van der Waals surface area contributed by atoms with Crippen LogP contribution < -0.4 is 5.32 Å². The molecule has 0 spiro atoms. The van der Waals surface area contributed by atoms with Gasteiger partial charge in [-0.2, -0.15) is 0 Å². The lowest BCUT2D eigenvalue weighted by molar-refractivity contribution is -0.140. The summed E-state index contributed by atoms with van der Waals surface area (Å²) in [5, 5.41) is 3.50. The molecule has 5 nitrogen and oxygen atoms in total. The molecule has 1 aromatic carbocycles. The summed E-state index contributed by atoms with van der Waals surface area (Å²) >= 11 is 11.9. The fourth-order valence-corrected chi connectivity index (χ4v) is 4.66. The summed E-state index contributed by atoms with van der Waals surface area (Å²) in [6.45, 7) is 0.0984. The zero-order valence-electron chi connectivity index (χ0n) is 13.2. The van der Waals surface area contributed by atoms with E-state index in [1.807, 2.05) is 0 Å². The predicted molar refractivity (Wildman–Crippen MR) is 94.1 cm³/mol. The number of nitrogens with zero attached hydrogens (tertiary/aromatic N) is 1. The maximum Gasteiger partial charge on any atom is 0.233 e. The number of amides is 3. The molecule has 0 unspecified atom stereocenters. The molecule has 4 rings (SSSR count). The number of halogens is 2. The third-order valence-electron chi connectivity index (χ3n) is 5.33. The number of hydrogen-bond acceptors (Lipinski definition) is 3. The topological polar surface area (TPSA) is 66.5 Å². The van der Waals surface area contributed by atoms with Crippen LogP contribution in [0.5, 0.6) is 0 Å². The second-order valence-corrected chi connectivity index (χ2v) is 7.59. The molecule has 0 aromatic heterocycles. The molecule has 0 radical (unpaired) electrons. The number of carbonyl (C=O) groups excluding carboxylic acids is 3. The number of benzene rings is 1. The van der Waals surface area contributed by atoms with Crippen molar-refractivity contribution in [3.8, 4) is 0 Å². The molecule has 7 heteroatoms. The Bertz CT molecular complexity index is 778. The molecule has 1 saturated heterocycles. The molecule has 3 amide bonds. The van der Waals surface area contributed by atoms with Crippen LogP contribution in [0.2, 0.25) is 10.0 Å². The molecule has 130 valence electrons. The average molecular weight is 379 g/mol. The Morgan fingerprint density at radius 1 is 1.12 bits per heavy atom. The molecule has 3 aliphatic rings. The summed E-state index contributed by atoms with van der Waals surface area (Å²) in [5.41, 5.74) is 0.453. The van der Waals surface area contributed by atoms with Gasteiger partial charge in [0, 0.05) is 18.0 Å². The van der Waals surface area contributed by atoms with Gasteiger partial charge in [-0.05, 0) is 36.5 Å². The number of anilines is 1. The lowest BCUT2D eigenvalue weighted by Gasteiger charge is -2.17. The molecule has 2 aliphatic carbocycles. The van der Waals surface area contributed by atoms with Gasteiger partial charge in [0.05, 0.1) is 22.5 Å². The highest BCUT2D eigenvalue weighted by Gasteiger charge is 2.58. The fourth-order valence-electron chi connectivity index (χ4n) is 4.20. The van der Waals surface area contributed by atoms with Crippen molar-refractivity contribution in [3.63, 3.8) is 0 Å². The molecule has 1 N–H and O–H groups in total. The lowest BCUT2D eigenvalue weighted by atomic mass is 9.85. The lowest BCUT2D eigenvalue weighted by Crippen LogP contribution is -2.35. The largest absolute Gasteiger partial charge is 0.325 e. The van der Waals surface area contributed by atoms with E-state index in [-0.39, 0.29) is 54.4 Å². The van der Waals surface area contributed by atoms with E-state index in [2.05, 4.69) is 17.5 Å². The quantitative estimate of drug-likeness (QED) is 0.646. The van der Waals surface area contributed by atoms with Crippen molar-refractivity contribution in [2.75, 3.05) is 11.9 Å². The maximum atomic E-state index is 12.6. The Morgan fingerprint density at radius 2 is 1.76 bits per heavy atom. The van der Waals surface area contributed by atoms with E-state index in [1.54, 1.807) is 12.1 Å². The number of imide groups is 1. The summed E-state index contributed by atoms with van der Waals surface area (Å²) in [5.74, 6) is -0.667. The molecular weight excluding hydrogens is 363 g/mol. The highest BCUT2D eigenvalue weighted by Crippen LogP contribution is 2.52. The molecule has 1 saturated carbocycles. The molecule has 1 heterocycles. The first-order chi connectivity index (χ1) is 12.0. The van der Waals surface area contributed by atoms with Gasteiger partial charge in [-0.25, -0.2) is 0 Å². The zero-order valence-corrected chi connectivity index (χ0v) is 14.8. The van der Waals surface area contributed by atoms with Crippen molar-refractivity contribution in [1.29, 1.82) is 0 Å². The van der Waals surface area contributed by atoms with E-state index in [0.29, 0.717) is 15.7 Å². The SMILES string of the molecule is O=C(CCN1C(=O)[C@H]2[C@H](C1=O)[C@H]1C=C[C@H]2C1)Nc1ccc(Cl)cc1Cl. The second kappa shape index (κ2) is 6.15. The average Bonchev–Trinajstić information content (AvgIpc) is 3.23. The van der Waals surface area contributed by atoms with Crippen LogP contribution in [0.25, 0.3) is 0 Å². The number of allylic oxidation sites excluding steroid dienone is 2. The Labute approximate surface area is 155 Å². The van der Waals surface area contributed by atoms with Gasteiger partial charge >= 0.3 is 0 Å². The summed E-state index contributed by atoms with van der Waals surface area (Å²) in [6, 6.07) is 4.78. The van der Waals surface area contributed by atoms with E-state index in [1.165, 1.54) is 11.0 Å². The van der Waals surface area contributed by atoms with E-state index < -0.39 is 0 Å². The Morgan fingerprint density at radius 3 is 2.36 bits per heavy atom. The third-order valence-corrected chi connectivity index (χ3v) is 5.88. The second-order valence-electron chi connectivity index (χ2n) is 6.75. The van der Waals surface area contributed by atoms with Gasteiger partial charge < -0.3 is 5.32 Å². The van der Waals surface area contributed by atoms with E-state index in [0.717, 1.165) is 6.42 Å². The van der Waals surface area contributed by atoms with Gasteiger partial charge in [0.1, 0.15) is 0 Å². The zero-order chi connectivity index (χ0) is 17.7. The highest BCUT2D eigenvalue weighted by molar-refractivity contribution is 6.36. The molecule has 25 heavy (non-hydrogen) atoms. The molecule has 1 aliphatic heterocycles. The van der Waals surface area contributed by atoms with Gasteiger partial charge in [0.25, 0.3) is 0 Å². The number of rotatable bonds is 4. The normalized spacial score (nSPS) is 29.4. The van der Waals surface area contributed by atoms with Crippen molar-refractivity contribution >= 4 is 46.6 Å². The minimum Gasteiger partial charge on any atom is -0.325 e.